The Morgan fingerprint density at radius 2 is 1.88 bits per heavy atom. The van der Waals surface area contributed by atoms with Crippen molar-refractivity contribution in [2.45, 2.75) is 25.5 Å². The van der Waals surface area contributed by atoms with E-state index in [1.54, 1.807) is 19.2 Å². The van der Waals surface area contributed by atoms with Gasteiger partial charge in [0.15, 0.2) is 15.6 Å². The van der Waals surface area contributed by atoms with Crippen LogP contribution in [-0.2, 0) is 9.84 Å². The lowest BCUT2D eigenvalue weighted by Crippen LogP contribution is -2.40. The smallest absolute Gasteiger partial charge is 0.185 e. The van der Waals surface area contributed by atoms with Crippen LogP contribution in [0, 0.1) is 6.92 Å². The minimum Gasteiger partial charge on any atom is -0.292 e. The van der Waals surface area contributed by atoms with Gasteiger partial charge in [-0.1, -0.05) is 0 Å². The van der Waals surface area contributed by atoms with Crippen LogP contribution in [0.1, 0.15) is 29.8 Å². The summed E-state index contributed by atoms with van der Waals surface area (Å²) in [5, 5.41) is 0. The molecule has 0 aromatic carbocycles. The summed E-state index contributed by atoms with van der Waals surface area (Å²) in [5.41, 5.74) is 1.16. The van der Waals surface area contributed by atoms with Gasteiger partial charge < -0.3 is 0 Å². The van der Waals surface area contributed by atoms with Crippen LogP contribution in [0.25, 0.3) is 0 Å². The Morgan fingerprint density at radius 1 is 1.31 bits per heavy atom. The summed E-state index contributed by atoms with van der Waals surface area (Å²) in [6, 6.07) is 1.64. The van der Waals surface area contributed by atoms with Gasteiger partial charge in [0.25, 0.3) is 0 Å². The molecule has 0 N–H and O–H groups in total. The van der Waals surface area contributed by atoms with E-state index in [4.69, 9.17) is 0 Å². The van der Waals surface area contributed by atoms with Crippen molar-refractivity contribution in [2.75, 3.05) is 6.26 Å². The van der Waals surface area contributed by atoms with Crippen molar-refractivity contribution in [1.82, 2.24) is 4.98 Å². The lowest BCUT2D eigenvalue weighted by Gasteiger charge is -2.20. The largest absolute Gasteiger partial charge is 0.292 e. The molecular formula is C11H15NO3S. The molecule has 1 aromatic heterocycles. The van der Waals surface area contributed by atoms with Gasteiger partial charge in [-0.15, -0.1) is 0 Å². The molecule has 1 rings (SSSR count). The van der Waals surface area contributed by atoms with Gasteiger partial charge >= 0.3 is 0 Å². The summed E-state index contributed by atoms with van der Waals surface area (Å²) < 4.78 is 21.6. The number of nitrogens with zero attached hydrogens (tertiary/aromatic N) is 1. The molecule has 0 aliphatic heterocycles. The van der Waals surface area contributed by atoms with Crippen molar-refractivity contribution in [2.24, 2.45) is 0 Å². The summed E-state index contributed by atoms with van der Waals surface area (Å²) in [5.74, 6) is -0.425. The second-order valence-corrected chi connectivity index (χ2v) is 6.93. The van der Waals surface area contributed by atoms with Gasteiger partial charge in [0.1, 0.15) is 4.75 Å². The quantitative estimate of drug-likeness (QED) is 0.750. The zero-order chi connectivity index (χ0) is 12.6. The SMILES string of the molecule is Cc1cncc(C(=O)C(C)(C)S(C)(=O)=O)c1. The van der Waals surface area contributed by atoms with E-state index in [1.165, 1.54) is 20.0 Å². The first-order valence-corrected chi connectivity index (χ1v) is 6.71. The van der Waals surface area contributed by atoms with Crippen LogP contribution in [0.5, 0.6) is 0 Å². The normalized spacial score (nSPS) is 12.5. The highest BCUT2D eigenvalue weighted by atomic mass is 32.2. The summed E-state index contributed by atoms with van der Waals surface area (Å²) in [6.07, 6.45) is 4.07. The molecule has 1 aromatic rings. The molecular weight excluding hydrogens is 226 g/mol. The molecule has 0 unspecified atom stereocenters. The second-order valence-electron chi connectivity index (χ2n) is 4.36. The van der Waals surface area contributed by atoms with Crippen molar-refractivity contribution < 1.29 is 13.2 Å². The fourth-order valence-electron chi connectivity index (χ4n) is 1.20. The van der Waals surface area contributed by atoms with Crippen molar-refractivity contribution in [1.29, 1.82) is 0 Å². The third-order valence-electron chi connectivity index (χ3n) is 2.61. The number of pyridine rings is 1. The number of Topliss-reactive ketones (excluding diaryl/α,β-unsaturated/α-hetero) is 1. The van der Waals surface area contributed by atoms with E-state index in [0.717, 1.165) is 11.8 Å². The van der Waals surface area contributed by atoms with E-state index in [-0.39, 0.29) is 0 Å². The van der Waals surface area contributed by atoms with Crippen LogP contribution >= 0.6 is 0 Å². The first-order valence-electron chi connectivity index (χ1n) is 4.82. The first kappa shape index (κ1) is 12.8. The van der Waals surface area contributed by atoms with E-state index in [0.29, 0.717) is 5.56 Å². The molecule has 1 heterocycles. The van der Waals surface area contributed by atoms with Crippen LogP contribution in [-0.4, -0.2) is 30.2 Å². The number of ketones is 1. The van der Waals surface area contributed by atoms with Crippen molar-refractivity contribution >= 4 is 15.6 Å². The van der Waals surface area contributed by atoms with Gasteiger partial charge in [-0.3, -0.25) is 9.78 Å². The number of rotatable bonds is 3. The van der Waals surface area contributed by atoms with E-state index in [9.17, 15) is 13.2 Å². The van der Waals surface area contributed by atoms with Gasteiger partial charge in [0, 0.05) is 24.2 Å². The molecule has 0 aliphatic carbocycles. The van der Waals surface area contributed by atoms with Gasteiger partial charge in [0.2, 0.25) is 0 Å². The number of hydrogen-bond donors (Lipinski definition) is 0. The third kappa shape index (κ3) is 2.29. The van der Waals surface area contributed by atoms with Gasteiger partial charge in [-0.25, -0.2) is 8.42 Å². The number of hydrogen-bond acceptors (Lipinski definition) is 4. The van der Waals surface area contributed by atoms with E-state index in [2.05, 4.69) is 4.98 Å². The molecule has 0 aliphatic rings. The third-order valence-corrected chi connectivity index (χ3v) is 4.65. The van der Waals surface area contributed by atoms with Crippen molar-refractivity contribution in [3.8, 4) is 0 Å². The van der Waals surface area contributed by atoms with Crippen LogP contribution in [0.15, 0.2) is 18.5 Å². The molecule has 4 nitrogen and oxygen atoms in total. The Bertz CT molecular complexity index is 518. The number of sulfone groups is 1. The number of carbonyl (C=O) groups is 1. The molecule has 0 saturated carbocycles. The van der Waals surface area contributed by atoms with Gasteiger partial charge in [0.05, 0.1) is 0 Å². The summed E-state index contributed by atoms with van der Waals surface area (Å²) in [6.45, 7) is 4.62. The molecule has 5 heteroatoms. The van der Waals surface area contributed by atoms with Crippen LogP contribution < -0.4 is 0 Å². The molecule has 0 amide bonds. The average molecular weight is 241 g/mol. The molecule has 16 heavy (non-hydrogen) atoms. The molecule has 88 valence electrons. The predicted octanol–water partition coefficient (Wildman–Crippen LogP) is 1.40. The Balaban J connectivity index is 3.23. The Hall–Kier alpha value is -1.23. The maximum Gasteiger partial charge on any atom is 0.185 e. The zero-order valence-corrected chi connectivity index (χ0v) is 10.6. The minimum atomic E-state index is -3.44. The van der Waals surface area contributed by atoms with Crippen LogP contribution in [0.2, 0.25) is 0 Å². The molecule has 0 spiro atoms. The highest BCUT2D eigenvalue weighted by Gasteiger charge is 2.38. The van der Waals surface area contributed by atoms with E-state index >= 15 is 0 Å². The second kappa shape index (κ2) is 3.97. The lowest BCUT2D eigenvalue weighted by atomic mass is 10.0. The predicted molar refractivity (Wildman–Crippen MR) is 62.2 cm³/mol. The summed E-state index contributed by atoms with van der Waals surface area (Å²) >= 11 is 0. The zero-order valence-electron chi connectivity index (χ0n) is 9.81. The molecule has 0 bridgehead atoms. The Morgan fingerprint density at radius 3 is 2.31 bits per heavy atom. The van der Waals surface area contributed by atoms with E-state index < -0.39 is 20.4 Å². The first-order chi connectivity index (χ1) is 7.16. The van der Waals surface area contributed by atoms with E-state index in [1.807, 2.05) is 0 Å². The fraction of sp³-hybridized carbons (Fsp3) is 0.455. The maximum absolute atomic E-state index is 12.0. The van der Waals surface area contributed by atoms with Crippen LogP contribution in [0.3, 0.4) is 0 Å². The minimum absolute atomic E-state index is 0.329. The lowest BCUT2D eigenvalue weighted by molar-refractivity contribution is 0.0953. The maximum atomic E-state index is 12.0. The van der Waals surface area contributed by atoms with Gasteiger partial charge in [-0.05, 0) is 32.4 Å². The van der Waals surface area contributed by atoms with Gasteiger partial charge in [-0.2, -0.15) is 0 Å². The Kier molecular flexibility index (Phi) is 3.19. The summed E-state index contributed by atoms with van der Waals surface area (Å²) in [4.78, 5) is 15.9. The highest BCUT2D eigenvalue weighted by molar-refractivity contribution is 7.92. The molecule has 0 fully saturated rings. The number of carbonyl (C=O) groups excluding carboxylic acids is 1. The molecule has 0 saturated heterocycles. The van der Waals surface area contributed by atoms with Crippen LogP contribution in [0.4, 0.5) is 0 Å². The summed E-state index contributed by atoms with van der Waals surface area (Å²) in [7, 11) is -3.44. The average Bonchev–Trinajstić information content (AvgIpc) is 2.14. The van der Waals surface area contributed by atoms with Crippen molar-refractivity contribution in [3.05, 3.63) is 29.6 Å². The van der Waals surface area contributed by atoms with Crippen molar-refractivity contribution in [3.63, 3.8) is 0 Å². The fourth-order valence-corrected chi connectivity index (χ4v) is 1.65. The monoisotopic (exact) mass is 241 g/mol. The highest BCUT2D eigenvalue weighted by Crippen LogP contribution is 2.21. The molecule has 0 radical (unpaired) electrons. The number of aryl methyl sites for hydroxylation is 1. The Labute approximate surface area is 95.6 Å². The topological polar surface area (TPSA) is 64.1 Å². The molecule has 0 atom stereocenters. The number of aromatic nitrogens is 1. The standard InChI is InChI=1S/C11H15NO3S/c1-8-5-9(7-12-6-8)10(13)11(2,3)16(4,14)15/h5-7H,1-4H3.